The van der Waals surface area contributed by atoms with Crippen molar-refractivity contribution in [2.45, 2.75) is 57.4 Å². The van der Waals surface area contributed by atoms with Gasteiger partial charge in [-0.1, -0.05) is 0 Å². The standard InChI is InChI=1S/C20H28N4O3S/c1-14-15(2)22-24(16(14)3)13-9-19(25)23-11-7-17(8-12-23)20-18(28(4,26)27)6-5-10-21-20/h5-6,10,17H,7-9,11-13H2,1-4H3. The summed E-state index contributed by atoms with van der Waals surface area (Å²) < 4.78 is 26.0. The van der Waals surface area contributed by atoms with E-state index in [1.807, 2.05) is 30.4 Å². The molecule has 0 bridgehead atoms. The molecule has 1 saturated heterocycles. The van der Waals surface area contributed by atoms with Gasteiger partial charge >= 0.3 is 0 Å². The highest BCUT2D eigenvalue weighted by atomic mass is 32.2. The molecule has 2 aromatic rings. The zero-order chi connectivity index (χ0) is 20.5. The lowest BCUT2D eigenvalue weighted by molar-refractivity contribution is -0.132. The maximum Gasteiger partial charge on any atom is 0.224 e. The van der Waals surface area contributed by atoms with E-state index in [1.165, 1.54) is 11.8 Å². The normalized spacial score (nSPS) is 15.8. The van der Waals surface area contributed by atoms with Gasteiger partial charge < -0.3 is 4.90 Å². The molecule has 0 atom stereocenters. The number of likely N-dealkylation sites (tertiary alicyclic amines) is 1. The molecule has 28 heavy (non-hydrogen) atoms. The van der Waals surface area contributed by atoms with E-state index in [0.717, 1.165) is 24.2 Å². The number of pyridine rings is 1. The zero-order valence-corrected chi connectivity index (χ0v) is 17.8. The number of nitrogens with zero attached hydrogens (tertiary/aromatic N) is 4. The summed E-state index contributed by atoms with van der Waals surface area (Å²) >= 11 is 0. The largest absolute Gasteiger partial charge is 0.343 e. The van der Waals surface area contributed by atoms with Gasteiger partial charge in [-0.25, -0.2) is 8.42 Å². The summed E-state index contributed by atoms with van der Waals surface area (Å²) in [6, 6.07) is 3.27. The number of aryl methyl sites for hydroxylation is 2. The number of carbonyl (C=O) groups is 1. The van der Waals surface area contributed by atoms with E-state index in [4.69, 9.17) is 0 Å². The molecule has 1 amide bonds. The van der Waals surface area contributed by atoms with E-state index >= 15 is 0 Å². The first-order valence-corrected chi connectivity index (χ1v) is 11.5. The van der Waals surface area contributed by atoms with Gasteiger partial charge in [0.25, 0.3) is 0 Å². The van der Waals surface area contributed by atoms with E-state index in [9.17, 15) is 13.2 Å². The third kappa shape index (κ3) is 4.27. The molecule has 7 nitrogen and oxygen atoms in total. The van der Waals surface area contributed by atoms with Crippen LogP contribution < -0.4 is 0 Å². The smallest absolute Gasteiger partial charge is 0.224 e. The first kappa shape index (κ1) is 20.5. The van der Waals surface area contributed by atoms with Crippen LogP contribution in [0.2, 0.25) is 0 Å². The van der Waals surface area contributed by atoms with Crippen LogP contribution in [0, 0.1) is 20.8 Å². The van der Waals surface area contributed by atoms with Crippen LogP contribution in [-0.2, 0) is 21.2 Å². The topological polar surface area (TPSA) is 85.2 Å². The minimum atomic E-state index is -3.31. The van der Waals surface area contributed by atoms with Gasteiger partial charge in [-0.2, -0.15) is 5.10 Å². The van der Waals surface area contributed by atoms with E-state index in [0.29, 0.717) is 36.6 Å². The van der Waals surface area contributed by atoms with Crippen molar-refractivity contribution in [2.75, 3.05) is 19.3 Å². The van der Waals surface area contributed by atoms with Crippen molar-refractivity contribution in [3.63, 3.8) is 0 Å². The van der Waals surface area contributed by atoms with E-state index in [-0.39, 0.29) is 11.8 Å². The highest BCUT2D eigenvalue weighted by molar-refractivity contribution is 7.90. The number of carbonyl (C=O) groups excluding carboxylic acids is 1. The summed E-state index contributed by atoms with van der Waals surface area (Å²) in [4.78, 5) is 19.1. The second kappa shape index (κ2) is 8.03. The Morgan fingerprint density at radius 3 is 2.46 bits per heavy atom. The minimum absolute atomic E-state index is 0.0636. The Bertz CT molecular complexity index is 973. The molecule has 3 heterocycles. The minimum Gasteiger partial charge on any atom is -0.343 e. The van der Waals surface area contributed by atoms with E-state index in [1.54, 1.807) is 18.3 Å². The van der Waals surface area contributed by atoms with Crippen LogP contribution in [0.4, 0.5) is 0 Å². The van der Waals surface area contributed by atoms with Crippen molar-refractivity contribution in [3.8, 4) is 0 Å². The van der Waals surface area contributed by atoms with Gasteiger partial charge in [0.1, 0.15) is 0 Å². The molecular formula is C20H28N4O3S. The molecule has 0 saturated carbocycles. The predicted molar refractivity (Wildman–Crippen MR) is 107 cm³/mol. The fourth-order valence-corrected chi connectivity index (χ4v) is 4.71. The molecule has 0 aliphatic carbocycles. The maximum atomic E-state index is 12.6. The Hall–Kier alpha value is -2.22. The van der Waals surface area contributed by atoms with Crippen molar-refractivity contribution in [1.82, 2.24) is 19.7 Å². The lowest BCUT2D eigenvalue weighted by Gasteiger charge is -2.32. The molecular weight excluding hydrogens is 376 g/mol. The van der Waals surface area contributed by atoms with Crippen molar-refractivity contribution in [1.29, 1.82) is 0 Å². The molecule has 8 heteroatoms. The number of hydrogen-bond donors (Lipinski definition) is 0. The highest BCUT2D eigenvalue weighted by Gasteiger charge is 2.28. The zero-order valence-electron chi connectivity index (χ0n) is 17.0. The second-order valence-corrected chi connectivity index (χ2v) is 9.57. The van der Waals surface area contributed by atoms with Gasteiger partial charge in [-0.15, -0.1) is 0 Å². The monoisotopic (exact) mass is 404 g/mol. The van der Waals surface area contributed by atoms with Crippen LogP contribution in [0.25, 0.3) is 0 Å². The number of piperidine rings is 1. The molecule has 2 aromatic heterocycles. The molecule has 3 rings (SSSR count). The Balaban J connectivity index is 1.60. The highest BCUT2D eigenvalue weighted by Crippen LogP contribution is 2.31. The maximum absolute atomic E-state index is 12.6. The molecule has 0 N–H and O–H groups in total. The SMILES string of the molecule is Cc1nn(CCC(=O)N2CCC(c3ncccc3S(C)(=O)=O)CC2)c(C)c1C. The molecule has 152 valence electrons. The van der Waals surface area contributed by atoms with Gasteiger partial charge in [0.2, 0.25) is 5.91 Å². The molecule has 0 aromatic carbocycles. The Labute approximate surface area is 166 Å². The second-order valence-electron chi connectivity index (χ2n) is 7.58. The third-order valence-corrected chi connectivity index (χ3v) is 6.86. The average Bonchev–Trinajstić information content (AvgIpc) is 2.92. The van der Waals surface area contributed by atoms with E-state index < -0.39 is 9.84 Å². The fraction of sp³-hybridized carbons (Fsp3) is 0.550. The average molecular weight is 405 g/mol. The van der Waals surface area contributed by atoms with Crippen LogP contribution in [0.3, 0.4) is 0 Å². The molecule has 1 aliphatic rings. The van der Waals surface area contributed by atoms with Crippen LogP contribution in [0.15, 0.2) is 23.2 Å². The van der Waals surface area contributed by atoms with Gasteiger partial charge in [-0.3, -0.25) is 14.5 Å². The number of rotatable bonds is 5. The first-order valence-electron chi connectivity index (χ1n) is 9.62. The van der Waals surface area contributed by atoms with Gasteiger partial charge in [-0.05, 0) is 51.3 Å². The summed E-state index contributed by atoms with van der Waals surface area (Å²) in [6.45, 7) is 7.88. The van der Waals surface area contributed by atoms with Crippen LogP contribution >= 0.6 is 0 Å². The summed E-state index contributed by atoms with van der Waals surface area (Å²) in [5.74, 6) is 0.182. The molecule has 0 radical (unpaired) electrons. The molecule has 1 fully saturated rings. The quantitative estimate of drug-likeness (QED) is 0.764. The van der Waals surface area contributed by atoms with Crippen molar-refractivity contribution >= 4 is 15.7 Å². The Kier molecular flexibility index (Phi) is 5.88. The number of aromatic nitrogens is 3. The predicted octanol–water partition coefficient (Wildman–Crippen LogP) is 2.40. The van der Waals surface area contributed by atoms with Crippen LogP contribution in [0.1, 0.15) is 47.8 Å². The summed E-state index contributed by atoms with van der Waals surface area (Å²) in [5.41, 5.74) is 3.91. The number of sulfone groups is 1. The van der Waals surface area contributed by atoms with E-state index in [2.05, 4.69) is 10.1 Å². The van der Waals surface area contributed by atoms with Crippen LogP contribution in [-0.4, -0.2) is 53.3 Å². The van der Waals surface area contributed by atoms with Crippen LogP contribution in [0.5, 0.6) is 0 Å². The van der Waals surface area contributed by atoms with Gasteiger partial charge in [0, 0.05) is 50.1 Å². The Morgan fingerprint density at radius 1 is 1.21 bits per heavy atom. The first-order chi connectivity index (χ1) is 13.2. The van der Waals surface area contributed by atoms with Crippen molar-refractivity contribution in [2.24, 2.45) is 0 Å². The summed E-state index contributed by atoms with van der Waals surface area (Å²) in [7, 11) is -3.31. The lowest BCUT2D eigenvalue weighted by Crippen LogP contribution is -2.38. The van der Waals surface area contributed by atoms with Gasteiger partial charge in [0.15, 0.2) is 9.84 Å². The molecule has 0 unspecified atom stereocenters. The fourth-order valence-electron chi connectivity index (χ4n) is 3.79. The number of hydrogen-bond acceptors (Lipinski definition) is 5. The Morgan fingerprint density at radius 2 is 1.89 bits per heavy atom. The summed E-state index contributed by atoms with van der Waals surface area (Å²) in [6.07, 6.45) is 4.73. The number of amides is 1. The lowest BCUT2D eigenvalue weighted by atomic mass is 9.93. The third-order valence-electron chi connectivity index (χ3n) is 5.71. The molecule has 1 aliphatic heterocycles. The summed E-state index contributed by atoms with van der Waals surface area (Å²) in [5, 5.41) is 4.49. The molecule has 0 spiro atoms. The van der Waals surface area contributed by atoms with Crippen molar-refractivity contribution in [3.05, 3.63) is 41.0 Å². The van der Waals surface area contributed by atoms with Gasteiger partial charge in [0.05, 0.1) is 16.3 Å². The van der Waals surface area contributed by atoms with Crippen molar-refractivity contribution < 1.29 is 13.2 Å².